The number of nitrogens with one attached hydrogen (secondary N) is 2. The number of methoxy groups -OCH3 is 1. The number of thioether (sulfide) groups is 1. The van der Waals surface area contributed by atoms with Crippen LogP contribution in [0, 0.1) is 0 Å². The van der Waals surface area contributed by atoms with E-state index >= 15 is 0 Å². The molecule has 23 heavy (non-hydrogen) atoms. The molecule has 1 aliphatic rings. The first kappa shape index (κ1) is 17.0. The van der Waals surface area contributed by atoms with E-state index < -0.39 is 11.2 Å². The van der Waals surface area contributed by atoms with Gasteiger partial charge in [0.1, 0.15) is 5.25 Å². The van der Waals surface area contributed by atoms with Gasteiger partial charge in [-0.1, -0.05) is 11.8 Å². The fraction of sp³-hybridized carbons (Fsp3) is 0.462. The van der Waals surface area contributed by atoms with Crippen molar-refractivity contribution in [3.8, 4) is 0 Å². The van der Waals surface area contributed by atoms with E-state index in [0.717, 1.165) is 11.8 Å². The molecule has 0 spiro atoms. The molecule has 0 radical (unpaired) electrons. The van der Waals surface area contributed by atoms with Crippen LogP contribution in [0.3, 0.4) is 0 Å². The summed E-state index contributed by atoms with van der Waals surface area (Å²) in [6.45, 7) is 2.21. The Morgan fingerprint density at radius 3 is 2.91 bits per heavy atom. The minimum Gasteiger partial charge on any atom is -0.469 e. The second-order valence-corrected chi connectivity index (χ2v) is 5.71. The number of carbonyl (C=O) groups excluding carboxylic acids is 3. The van der Waals surface area contributed by atoms with Gasteiger partial charge < -0.3 is 15.0 Å². The van der Waals surface area contributed by atoms with Crippen molar-refractivity contribution in [3.05, 3.63) is 12.0 Å². The molecule has 0 unspecified atom stereocenters. The zero-order chi connectivity index (χ0) is 17.0. The summed E-state index contributed by atoms with van der Waals surface area (Å²) in [5.41, 5.74) is 0.209. The summed E-state index contributed by atoms with van der Waals surface area (Å²) in [7, 11) is 2.77. The molecule has 10 heteroatoms. The van der Waals surface area contributed by atoms with Crippen LogP contribution in [0.4, 0.5) is 5.82 Å². The average Bonchev–Trinajstić information content (AvgIpc) is 3.12. The molecule has 124 valence electrons. The third-order valence-corrected chi connectivity index (χ3v) is 4.37. The van der Waals surface area contributed by atoms with Gasteiger partial charge in [-0.15, -0.1) is 0 Å². The van der Waals surface area contributed by atoms with E-state index in [1.54, 1.807) is 6.92 Å². The number of ether oxygens (including phenoxy) is 1. The fourth-order valence-corrected chi connectivity index (χ4v) is 3.19. The summed E-state index contributed by atoms with van der Waals surface area (Å²) in [5.74, 6) is -0.834. The Morgan fingerprint density at radius 2 is 2.30 bits per heavy atom. The molecule has 1 saturated heterocycles. The summed E-state index contributed by atoms with van der Waals surface area (Å²) in [4.78, 5) is 47.9. The van der Waals surface area contributed by atoms with Crippen LogP contribution in [-0.4, -0.2) is 63.8 Å². The maximum Gasteiger partial charge on any atom is 0.307 e. The van der Waals surface area contributed by atoms with E-state index in [1.807, 2.05) is 0 Å². The largest absolute Gasteiger partial charge is 0.469 e. The van der Waals surface area contributed by atoms with Gasteiger partial charge in [0.25, 0.3) is 5.91 Å². The number of aromatic nitrogens is 2. The highest BCUT2D eigenvalue weighted by Gasteiger charge is 2.38. The molecule has 0 saturated carbocycles. The molecule has 1 fully saturated rings. The molecule has 0 bridgehead atoms. The number of hydrogen-bond acceptors (Lipinski definition) is 7. The summed E-state index contributed by atoms with van der Waals surface area (Å²) >= 11 is 1.16. The van der Waals surface area contributed by atoms with Gasteiger partial charge in [0, 0.05) is 13.6 Å². The molecule has 2 rings (SSSR count). The van der Waals surface area contributed by atoms with Gasteiger partial charge in [0.2, 0.25) is 5.91 Å². The van der Waals surface area contributed by atoms with Gasteiger partial charge >= 0.3 is 5.97 Å². The van der Waals surface area contributed by atoms with Gasteiger partial charge in [-0.25, -0.2) is 9.98 Å². The summed E-state index contributed by atoms with van der Waals surface area (Å²) in [6.07, 6.45) is 1.33. The van der Waals surface area contributed by atoms with Crippen molar-refractivity contribution in [2.24, 2.45) is 4.99 Å². The number of H-pyrrole nitrogens is 1. The van der Waals surface area contributed by atoms with Crippen molar-refractivity contribution in [1.29, 1.82) is 0 Å². The minimum atomic E-state index is -0.580. The van der Waals surface area contributed by atoms with Crippen molar-refractivity contribution < 1.29 is 19.1 Å². The van der Waals surface area contributed by atoms with Gasteiger partial charge in [-0.05, 0) is 6.92 Å². The van der Waals surface area contributed by atoms with Crippen LogP contribution in [0.25, 0.3) is 0 Å². The molecule has 1 atom stereocenters. The van der Waals surface area contributed by atoms with Gasteiger partial charge in [-0.3, -0.25) is 19.3 Å². The van der Waals surface area contributed by atoms with E-state index in [0.29, 0.717) is 11.7 Å². The molecule has 2 heterocycles. The van der Waals surface area contributed by atoms with Crippen molar-refractivity contribution in [1.82, 2.24) is 20.2 Å². The lowest BCUT2D eigenvalue weighted by molar-refractivity contribution is -0.142. The molecule has 1 aromatic rings. The van der Waals surface area contributed by atoms with Crippen molar-refractivity contribution in [2.75, 3.05) is 20.7 Å². The monoisotopic (exact) mass is 339 g/mol. The van der Waals surface area contributed by atoms with Crippen LogP contribution in [0.5, 0.6) is 0 Å². The van der Waals surface area contributed by atoms with E-state index in [4.69, 9.17) is 0 Å². The Balaban J connectivity index is 2.28. The van der Waals surface area contributed by atoms with Crippen molar-refractivity contribution >= 4 is 40.5 Å². The van der Waals surface area contributed by atoms with Crippen LogP contribution in [-0.2, 0) is 14.3 Å². The number of carbonyl (C=O) groups is 3. The predicted molar refractivity (Wildman–Crippen MR) is 84.5 cm³/mol. The number of aromatic amines is 1. The fourth-order valence-electron chi connectivity index (χ4n) is 2.01. The smallest absolute Gasteiger partial charge is 0.307 e. The molecule has 1 aromatic heterocycles. The standard InChI is InChI=1S/C13H17N5O4S/c1-4-18-12(21)7(5-8(19)22-3)23-13(18)17-10-9(11(20)14-2)15-6-16-10/h6-7H,4-5H2,1-3H3,(H,14,20)(H,15,16)/t7-/m0/s1. The van der Waals surface area contributed by atoms with Crippen LogP contribution >= 0.6 is 11.8 Å². The van der Waals surface area contributed by atoms with Crippen molar-refractivity contribution in [3.63, 3.8) is 0 Å². The van der Waals surface area contributed by atoms with E-state index in [1.165, 1.54) is 25.4 Å². The Kier molecular flexibility index (Phi) is 5.37. The lowest BCUT2D eigenvalue weighted by Gasteiger charge is -2.12. The van der Waals surface area contributed by atoms with Crippen LogP contribution in [0.2, 0.25) is 0 Å². The summed E-state index contributed by atoms with van der Waals surface area (Å²) in [5, 5.41) is 2.31. The zero-order valence-corrected chi connectivity index (χ0v) is 13.8. The lowest BCUT2D eigenvalue weighted by atomic mass is 10.3. The highest BCUT2D eigenvalue weighted by molar-refractivity contribution is 8.15. The molecular formula is C13H17N5O4S. The van der Waals surface area contributed by atoms with Gasteiger partial charge in [0.05, 0.1) is 19.9 Å². The second kappa shape index (κ2) is 7.27. The normalized spacial score (nSPS) is 19.3. The first-order chi connectivity index (χ1) is 11.0. The Bertz CT molecular complexity index is 657. The first-order valence-electron chi connectivity index (χ1n) is 6.90. The second-order valence-electron chi connectivity index (χ2n) is 4.54. The predicted octanol–water partition coefficient (Wildman–Crippen LogP) is 0.284. The zero-order valence-electron chi connectivity index (χ0n) is 13.0. The van der Waals surface area contributed by atoms with Crippen LogP contribution in [0.15, 0.2) is 11.3 Å². The van der Waals surface area contributed by atoms with Crippen LogP contribution in [0.1, 0.15) is 23.8 Å². The van der Waals surface area contributed by atoms with Crippen LogP contribution < -0.4 is 5.32 Å². The van der Waals surface area contributed by atoms with E-state index in [-0.39, 0.29) is 29.7 Å². The quantitative estimate of drug-likeness (QED) is 0.745. The van der Waals surface area contributed by atoms with Gasteiger partial charge in [0.15, 0.2) is 16.7 Å². The number of esters is 1. The average molecular weight is 339 g/mol. The molecule has 0 aromatic carbocycles. The first-order valence-corrected chi connectivity index (χ1v) is 7.78. The van der Waals surface area contributed by atoms with Gasteiger partial charge in [-0.2, -0.15) is 0 Å². The summed E-state index contributed by atoms with van der Waals surface area (Å²) < 4.78 is 4.60. The highest BCUT2D eigenvalue weighted by Crippen LogP contribution is 2.31. The number of rotatable bonds is 5. The number of nitrogens with zero attached hydrogens (tertiary/aromatic N) is 3. The summed E-state index contributed by atoms with van der Waals surface area (Å²) in [6, 6.07) is 0. The molecule has 0 aliphatic carbocycles. The maximum atomic E-state index is 12.3. The molecular weight excluding hydrogens is 322 g/mol. The highest BCUT2D eigenvalue weighted by atomic mass is 32.2. The number of hydrogen-bond donors (Lipinski definition) is 2. The Labute approximate surface area is 136 Å². The third-order valence-electron chi connectivity index (χ3n) is 3.19. The number of amidine groups is 1. The topological polar surface area (TPSA) is 117 Å². The number of amides is 2. The minimum absolute atomic E-state index is 0.0294. The molecule has 2 N–H and O–H groups in total. The van der Waals surface area contributed by atoms with E-state index in [9.17, 15) is 14.4 Å². The van der Waals surface area contributed by atoms with Crippen molar-refractivity contribution in [2.45, 2.75) is 18.6 Å². The molecule has 2 amide bonds. The number of imidazole rings is 1. The SMILES string of the molecule is CCN1C(=O)[C@H](CC(=O)OC)SC1=Nc1nc[nH]c1C(=O)NC. The lowest BCUT2D eigenvalue weighted by Crippen LogP contribution is -2.32. The maximum absolute atomic E-state index is 12.3. The third kappa shape index (κ3) is 3.52. The Morgan fingerprint density at radius 1 is 1.57 bits per heavy atom. The molecule has 1 aliphatic heterocycles. The molecule has 9 nitrogen and oxygen atoms in total. The number of aliphatic imine (C=N–C) groups is 1. The Hall–Kier alpha value is -2.36. The van der Waals surface area contributed by atoms with E-state index in [2.05, 4.69) is 25.0 Å².